The Balaban J connectivity index is 1.61. The van der Waals surface area contributed by atoms with E-state index in [-0.39, 0.29) is 36.8 Å². The van der Waals surface area contributed by atoms with Crippen LogP contribution in [0.25, 0.3) is 10.9 Å². The van der Waals surface area contributed by atoms with E-state index >= 15 is 0 Å². The highest BCUT2D eigenvalue weighted by molar-refractivity contribution is 5.99. The molecule has 1 aliphatic heterocycles. The molecule has 0 unspecified atom stereocenters. The molecule has 0 bridgehead atoms. The lowest BCUT2D eigenvalue weighted by Gasteiger charge is -2.24. The fourth-order valence-electron chi connectivity index (χ4n) is 3.75. The Bertz CT molecular complexity index is 1260. The molecule has 1 saturated heterocycles. The lowest BCUT2D eigenvalue weighted by atomic mass is 10.0. The van der Waals surface area contributed by atoms with Crippen molar-refractivity contribution in [2.24, 2.45) is 0 Å². The Morgan fingerprint density at radius 2 is 1.87 bits per heavy atom. The summed E-state index contributed by atoms with van der Waals surface area (Å²) in [5, 5.41) is 5.49. The third-order valence-electron chi connectivity index (χ3n) is 5.43. The summed E-state index contributed by atoms with van der Waals surface area (Å²) >= 11 is 0. The van der Waals surface area contributed by atoms with E-state index in [0.29, 0.717) is 22.3 Å². The maximum absolute atomic E-state index is 13.2. The number of aromatic nitrogens is 2. The van der Waals surface area contributed by atoms with Crippen molar-refractivity contribution < 1.29 is 14.4 Å². The van der Waals surface area contributed by atoms with Crippen LogP contribution < -0.4 is 16.2 Å². The fraction of sp³-hybridized carbons (Fsp3) is 0.261. The van der Waals surface area contributed by atoms with Crippen LogP contribution in [0.4, 0.5) is 0 Å². The number of carbonyl (C=O) groups excluding carboxylic acids is 3. The number of fused-ring (bicyclic) bond motifs is 1. The van der Waals surface area contributed by atoms with E-state index < -0.39 is 11.9 Å². The molecule has 8 nitrogen and oxygen atoms in total. The van der Waals surface area contributed by atoms with Crippen molar-refractivity contribution in [1.29, 1.82) is 0 Å². The van der Waals surface area contributed by atoms with Crippen LogP contribution in [0.15, 0.2) is 47.3 Å². The van der Waals surface area contributed by atoms with Crippen molar-refractivity contribution in [1.82, 2.24) is 20.2 Å². The molecule has 31 heavy (non-hydrogen) atoms. The van der Waals surface area contributed by atoms with Crippen LogP contribution in [0.3, 0.4) is 0 Å². The van der Waals surface area contributed by atoms with Gasteiger partial charge in [-0.05, 0) is 50.1 Å². The van der Waals surface area contributed by atoms with Crippen LogP contribution in [-0.2, 0) is 16.1 Å². The van der Waals surface area contributed by atoms with Crippen LogP contribution in [0, 0.1) is 13.8 Å². The molecule has 0 saturated carbocycles. The summed E-state index contributed by atoms with van der Waals surface area (Å²) in [5.41, 5.74) is 2.54. The minimum Gasteiger partial charge on any atom is -0.348 e. The maximum Gasteiger partial charge on any atom is 0.262 e. The predicted molar refractivity (Wildman–Crippen MR) is 115 cm³/mol. The second-order valence-electron chi connectivity index (χ2n) is 7.70. The topological polar surface area (TPSA) is 110 Å². The van der Waals surface area contributed by atoms with Gasteiger partial charge >= 0.3 is 0 Å². The number of hydrogen-bond donors (Lipinski definition) is 2. The lowest BCUT2D eigenvalue weighted by molar-refractivity contribution is -0.135. The molecule has 158 valence electrons. The third-order valence-corrected chi connectivity index (χ3v) is 5.43. The van der Waals surface area contributed by atoms with E-state index in [1.807, 2.05) is 19.1 Å². The van der Waals surface area contributed by atoms with Gasteiger partial charge in [0.05, 0.1) is 10.9 Å². The highest BCUT2D eigenvalue weighted by Crippen LogP contribution is 2.20. The van der Waals surface area contributed by atoms with Crippen LogP contribution in [0.1, 0.15) is 46.2 Å². The number of rotatable bonds is 4. The second-order valence-corrected chi connectivity index (χ2v) is 7.70. The Labute approximate surface area is 178 Å². The van der Waals surface area contributed by atoms with Crippen molar-refractivity contribution in [2.45, 2.75) is 39.3 Å². The first-order valence-corrected chi connectivity index (χ1v) is 10.0. The van der Waals surface area contributed by atoms with Crippen LogP contribution >= 0.6 is 0 Å². The van der Waals surface area contributed by atoms with Crippen molar-refractivity contribution in [3.63, 3.8) is 0 Å². The Morgan fingerprint density at radius 3 is 2.58 bits per heavy atom. The molecular formula is C23H22N4O4. The minimum atomic E-state index is -0.771. The Morgan fingerprint density at radius 1 is 1.13 bits per heavy atom. The van der Waals surface area contributed by atoms with Gasteiger partial charge in [-0.2, -0.15) is 0 Å². The molecular weight excluding hydrogens is 396 g/mol. The maximum atomic E-state index is 13.2. The van der Waals surface area contributed by atoms with Gasteiger partial charge in [-0.1, -0.05) is 23.8 Å². The van der Waals surface area contributed by atoms with E-state index in [9.17, 15) is 19.2 Å². The minimum absolute atomic E-state index is 0.172. The van der Waals surface area contributed by atoms with E-state index in [2.05, 4.69) is 15.6 Å². The summed E-state index contributed by atoms with van der Waals surface area (Å²) in [7, 11) is 0. The Hall–Kier alpha value is -3.81. The molecule has 0 aliphatic carbocycles. The molecule has 1 aliphatic rings. The average molecular weight is 418 g/mol. The molecule has 2 aromatic carbocycles. The quantitative estimate of drug-likeness (QED) is 0.629. The van der Waals surface area contributed by atoms with Crippen molar-refractivity contribution in [2.75, 3.05) is 0 Å². The van der Waals surface area contributed by atoms with E-state index in [1.165, 1.54) is 4.57 Å². The monoisotopic (exact) mass is 418 g/mol. The van der Waals surface area contributed by atoms with Gasteiger partial charge in [0.1, 0.15) is 11.9 Å². The number of carbonyl (C=O) groups is 3. The summed E-state index contributed by atoms with van der Waals surface area (Å²) < 4.78 is 1.35. The molecule has 4 rings (SSSR count). The van der Waals surface area contributed by atoms with Crippen molar-refractivity contribution in [3.05, 3.63) is 75.3 Å². The van der Waals surface area contributed by atoms with Crippen molar-refractivity contribution in [3.8, 4) is 0 Å². The van der Waals surface area contributed by atoms with Gasteiger partial charge in [-0.3, -0.25) is 29.1 Å². The number of hydrogen-bond acceptors (Lipinski definition) is 5. The van der Waals surface area contributed by atoms with Gasteiger partial charge in [0.15, 0.2) is 0 Å². The number of aryl methyl sites for hydroxylation is 2. The molecule has 2 heterocycles. The highest BCUT2D eigenvalue weighted by atomic mass is 16.2. The molecule has 3 aromatic rings. The van der Waals surface area contributed by atoms with Gasteiger partial charge in [-0.15, -0.1) is 0 Å². The van der Waals surface area contributed by atoms with Crippen LogP contribution in [0.2, 0.25) is 0 Å². The summed E-state index contributed by atoms with van der Waals surface area (Å²) in [6.07, 6.45) is 0.427. The van der Waals surface area contributed by atoms with Crippen LogP contribution in [0.5, 0.6) is 0 Å². The van der Waals surface area contributed by atoms with Gasteiger partial charge in [-0.25, -0.2) is 4.98 Å². The van der Waals surface area contributed by atoms with E-state index in [4.69, 9.17) is 0 Å². The number of piperidine rings is 1. The zero-order valence-corrected chi connectivity index (χ0v) is 17.3. The summed E-state index contributed by atoms with van der Waals surface area (Å²) in [4.78, 5) is 53.8. The molecule has 1 aromatic heterocycles. The number of imide groups is 1. The zero-order chi connectivity index (χ0) is 22.1. The third kappa shape index (κ3) is 4.09. The first-order chi connectivity index (χ1) is 14.8. The molecule has 3 amide bonds. The molecule has 0 radical (unpaired) electrons. The van der Waals surface area contributed by atoms with Gasteiger partial charge in [0.25, 0.3) is 11.5 Å². The first kappa shape index (κ1) is 20.5. The Kier molecular flexibility index (Phi) is 5.37. The largest absolute Gasteiger partial charge is 0.348 e. The number of nitrogens with zero attached hydrogens (tertiary/aromatic N) is 2. The average Bonchev–Trinajstić information content (AvgIpc) is 2.74. The highest BCUT2D eigenvalue weighted by Gasteiger charge is 2.30. The normalized spacial score (nSPS) is 16.3. The number of benzene rings is 2. The summed E-state index contributed by atoms with van der Waals surface area (Å²) in [5.74, 6) is -0.632. The molecule has 8 heteroatoms. The lowest BCUT2D eigenvalue weighted by Crippen LogP contribution is -2.45. The predicted octanol–water partition coefficient (Wildman–Crippen LogP) is 1.92. The van der Waals surface area contributed by atoms with E-state index in [0.717, 1.165) is 11.1 Å². The molecule has 1 atom stereocenters. The SMILES string of the molecule is Cc1ccc(C(=O)NCc2ccc3nc(C)n([C@@H]4CCC(=O)NC4=O)c(=O)c3c2)cc1. The van der Waals surface area contributed by atoms with Crippen LogP contribution in [-0.4, -0.2) is 27.3 Å². The number of amides is 3. The standard InChI is InChI=1S/C23H22N4O4/c1-13-3-6-16(7-4-13)21(29)24-12-15-5-8-18-17(11-15)23(31)27(14(2)25-18)19-9-10-20(28)26-22(19)30/h3-8,11,19H,9-10,12H2,1-2H3,(H,24,29)(H,26,28,30)/t19-/m1/s1. The summed E-state index contributed by atoms with van der Waals surface area (Å²) in [6.45, 7) is 3.86. The van der Waals surface area contributed by atoms with E-state index in [1.54, 1.807) is 37.3 Å². The second kappa shape index (κ2) is 8.14. The molecule has 1 fully saturated rings. The summed E-state index contributed by atoms with van der Waals surface area (Å²) in [6, 6.07) is 11.7. The van der Waals surface area contributed by atoms with Gasteiger partial charge < -0.3 is 5.32 Å². The zero-order valence-electron chi connectivity index (χ0n) is 17.3. The van der Waals surface area contributed by atoms with Gasteiger partial charge in [0, 0.05) is 18.5 Å². The van der Waals surface area contributed by atoms with Crippen molar-refractivity contribution >= 4 is 28.6 Å². The molecule has 2 N–H and O–H groups in total. The first-order valence-electron chi connectivity index (χ1n) is 10.0. The smallest absolute Gasteiger partial charge is 0.262 e. The fourth-order valence-corrected chi connectivity index (χ4v) is 3.75. The number of nitrogens with one attached hydrogen (secondary N) is 2. The molecule has 0 spiro atoms. The van der Waals surface area contributed by atoms with Gasteiger partial charge in [0.2, 0.25) is 11.8 Å².